The number of halogens is 2. The van der Waals surface area contributed by atoms with Gasteiger partial charge in [0.15, 0.2) is 0 Å². The van der Waals surface area contributed by atoms with E-state index in [2.05, 4.69) is 31.9 Å². The van der Waals surface area contributed by atoms with E-state index in [1.165, 1.54) is 44.9 Å². The van der Waals surface area contributed by atoms with Gasteiger partial charge < -0.3 is 0 Å². The van der Waals surface area contributed by atoms with Crippen molar-refractivity contribution in [2.75, 3.05) is 0 Å². The van der Waals surface area contributed by atoms with E-state index >= 15 is 0 Å². The summed E-state index contributed by atoms with van der Waals surface area (Å²) >= 11 is 7.04. The Kier molecular flexibility index (Phi) is 5.09. The highest BCUT2D eigenvalue weighted by Crippen LogP contribution is 2.29. The Morgan fingerprint density at radius 2 is 1.73 bits per heavy atom. The molecule has 1 aliphatic carbocycles. The molecule has 0 bridgehead atoms. The fourth-order valence-electron chi connectivity index (χ4n) is 1.84. The largest absolute Gasteiger partial charge is 0.0765 e. The summed E-state index contributed by atoms with van der Waals surface area (Å²) in [6, 6.07) is 0. The molecule has 0 atom stereocenters. The third-order valence-electron chi connectivity index (χ3n) is 2.52. The van der Waals surface area contributed by atoms with Crippen molar-refractivity contribution in [3.63, 3.8) is 0 Å². The topological polar surface area (TPSA) is 0 Å². The second-order valence-electron chi connectivity index (χ2n) is 3.47. The molecule has 11 heavy (non-hydrogen) atoms. The highest BCUT2D eigenvalue weighted by atomic mass is 79.9. The van der Waals surface area contributed by atoms with Crippen LogP contribution in [0.1, 0.15) is 44.9 Å². The Bertz CT molecular complexity index is 95.7. The van der Waals surface area contributed by atoms with E-state index in [4.69, 9.17) is 0 Å². The minimum absolute atomic E-state index is 0.539. The molecule has 0 aromatic heterocycles. The van der Waals surface area contributed by atoms with Crippen LogP contribution < -0.4 is 0 Å². The molecule has 2 heteroatoms. The molecule has 0 N–H and O–H groups in total. The van der Waals surface area contributed by atoms with Crippen molar-refractivity contribution in [2.24, 2.45) is 5.92 Å². The van der Waals surface area contributed by atoms with Gasteiger partial charge in [-0.05, 0) is 18.8 Å². The molecule has 1 fully saturated rings. The summed E-state index contributed by atoms with van der Waals surface area (Å²) in [7, 11) is 0. The summed E-state index contributed by atoms with van der Waals surface area (Å²) in [6.07, 6.45) is 10.1. The van der Waals surface area contributed by atoms with Crippen molar-refractivity contribution in [3.8, 4) is 0 Å². The van der Waals surface area contributed by atoms with E-state index in [0.29, 0.717) is 3.74 Å². The summed E-state index contributed by atoms with van der Waals surface area (Å²) in [5, 5.41) is 0. The quantitative estimate of drug-likeness (QED) is 0.671. The summed E-state index contributed by atoms with van der Waals surface area (Å²) in [5.74, 6) is 1.03. The normalized spacial score (nSPS) is 21.0. The zero-order valence-corrected chi connectivity index (χ0v) is 10.0. The molecule has 1 rings (SSSR count). The molecule has 1 saturated carbocycles. The molecule has 0 aromatic carbocycles. The Morgan fingerprint density at radius 3 is 2.27 bits per heavy atom. The van der Waals surface area contributed by atoms with Crippen molar-refractivity contribution in [3.05, 3.63) is 0 Å². The van der Waals surface area contributed by atoms with Crippen LogP contribution in [0.5, 0.6) is 0 Å². The van der Waals surface area contributed by atoms with Crippen LogP contribution in [0.4, 0.5) is 0 Å². The summed E-state index contributed by atoms with van der Waals surface area (Å²) in [5.41, 5.74) is 0. The molecule has 0 saturated heterocycles. The molecule has 66 valence electrons. The molecule has 0 spiro atoms. The van der Waals surface area contributed by atoms with Crippen LogP contribution in [0.25, 0.3) is 0 Å². The highest BCUT2D eigenvalue weighted by Gasteiger charge is 2.13. The Hall–Kier alpha value is 0.960. The van der Waals surface area contributed by atoms with Gasteiger partial charge in [0.1, 0.15) is 0 Å². The van der Waals surface area contributed by atoms with Crippen molar-refractivity contribution in [1.29, 1.82) is 0 Å². The van der Waals surface area contributed by atoms with Gasteiger partial charge in [-0.3, -0.25) is 0 Å². The van der Waals surface area contributed by atoms with Gasteiger partial charge in [0.05, 0.1) is 3.74 Å². The molecule has 0 nitrogen and oxygen atoms in total. The smallest absolute Gasteiger partial charge is 0.0698 e. The van der Waals surface area contributed by atoms with Gasteiger partial charge in [-0.1, -0.05) is 64.0 Å². The van der Waals surface area contributed by atoms with Crippen LogP contribution in [0, 0.1) is 5.92 Å². The van der Waals surface area contributed by atoms with Crippen LogP contribution in [0.2, 0.25) is 0 Å². The molecule has 0 heterocycles. The molecular weight excluding hydrogens is 268 g/mol. The average molecular weight is 284 g/mol. The van der Waals surface area contributed by atoms with Gasteiger partial charge in [0.2, 0.25) is 0 Å². The summed E-state index contributed by atoms with van der Waals surface area (Å²) in [6.45, 7) is 0. The zero-order chi connectivity index (χ0) is 8.10. The predicted octanol–water partition coefficient (Wildman–Crippen LogP) is 4.46. The molecule has 0 aromatic rings. The lowest BCUT2D eigenvalue weighted by Crippen LogP contribution is -2.06. The number of hydrogen-bond acceptors (Lipinski definition) is 0. The fourth-order valence-corrected chi connectivity index (χ4v) is 2.37. The molecule has 0 radical (unpaired) electrons. The van der Waals surface area contributed by atoms with Gasteiger partial charge in [0.25, 0.3) is 0 Å². The molecule has 0 unspecified atom stereocenters. The van der Waals surface area contributed by atoms with E-state index in [0.717, 1.165) is 5.92 Å². The lowest BCUT2D eigenvalue weighted by Gasteiger charge is -2.21. The van der Waals surface area contributed by atoms with E-state index in [1.807, 2.05) is 0 Å². The van der Waals surface area contributed by atoms with Crippen molar-refractivity contribution in [1.82, 2.24) is 0 Å². The fraction of sp³-hybridized carbons (Fsp3) is 1.00. The monoisotopic (exact) mass is 282 g/mol. The van der Waals surface area contributed by atoms with Crippen molar-refractivity contribution < 1.29 is 0 Å². The number of rotatable bonds is 3. The first kappa shape index (κ1) is 10.0. The first-order valence-electron chi connectivity index (χ1n) is 4.57. The first-order chi connectivity index (χ1) is 5.29. The lowest BCUT2D eigenvalue weighted by atomic mass is 9.86. The maximum absolute atomic E-state index is 3.52. The highest BCUT2D eigenvalue weighted by molar-refractivity contribution is 9.24. The maximum Gasteiger partial charge on any atom is 0.0698 e. The lowest BCUT2D eigenvalue weighted by molar-refractivity contribution is 0.336. The van der Waals surface area contributed by atoms with E-state index in [9.17, 15) is 0 Å². The third-order valence-corrected chi connectivity index (χ3v) is 3.43. The minimum atomic E-state index is 0.539. The second-order valence-corrected chi connectivity index (χ2v) is 6.91. The van der Waals surface area contributed by atoms with Gasteiger partial charge >= 0.3 is 0 Å². The van der Waals surface area contributed by atoms with E-state index in [1.54, 1.807) is 0 Å². The van der Waals surface area contributed by atoms with Crippen LogP contribution in [-0.4, -0.2) is 3.74 Å². The summed E-state index contributed by atoms with van der Waals surface area (Å²) < 4.78 is 0.539. The SMILES string of the molecule is BrC(Br)CCC1CCCCC1. The van der Waals surface area contributed by atoms with Crippen LogP contribution in [0.3, 0.4) is 0 Å². The zero-order valence-electron chi connectivity index (χ0n) is 6.86. The van der Waals surface area contributed by atoms with Crippen molar-refractivity contribution in [2.45, 2.75) is 48.7 Å². The predicted molar refractivity (Wildman–Crippen MR) is 57.5 cm³/mol. The van der Waals surface area contributed by atoms with Gasteiger partial charge in [0, 0.05) is 0 Å². The Balaban J connectivity index is 2.05. The van der Waals surface area contributed by atoms with Gasteiger partial charge in [-0.2, -0.15) is 0 Å². The molecule has 0 amide bonds. The minimum Gasteiger partial charge on any atom is -0.0765 e. The third kappa shape index (κ3) is 4.51. The first-order valence-corrected chi connectivity index (χ1v) is 6.40. The van der Waals surface area contributed by atoms with Crippen LogP contribution in [-0.2, 0) is 0 Å². The van der Waals surface area contributed by atoms with Gasteiger partial charge in [-0.25, -0.2) is 0 Å². The molecular formula is C9H16Br2. The number of alkyl halides is 2. The van der Waals surface area contributed by atoms with Crippen LogP contribution >= 0.6 is 31.9 Å². The van der Waals surface area contributed by atoms with E-state index < -0.39 is 0 Å². The van der Waals surface area contributed by atoms with Gasteiger partial charge in [-0.15, -0.1) is 0 Å². The Morgan fingerprint density at radius 1 is 1.09 bits per heavy atom. The second kappa shape index (κ2) is 5.58. The van der Waals surface area contributed by atoms with E-state index in [-0.39, 0.29) is 0 Å². The Labute approximate surface area is 86.4 Å². The maximum atomic E-state index is 3.52. The van der Waals surface area contributed by atoms with Crippen molar-refractivity contribution >= 4 is 31.9 Å². The van der Waals surface area contributed by atoms with Crippen LogP contribution in [0.15, 0.2) is 0 Å². The summed E-state index contributed by atoms with van der Waals surface area (Å²) in [4.78, 5) is 0. The molecule has 0 aliphatic heterocycles. The average Bonchev–Trinajstić information content (AvgIpc) is 2.03. The molecule has 1 aliphatic rings. The number of hydrogen-bond donors (Lipinski definition) is 0. The standard InChI is InChI=1S/C9H16Br2/c10-9(11)7-6-8-4-2-1-3-5-8/h8-9H,1-7H2.